The van der Waals surface area contributed by atoms with Gasteiger partial charge in [-0.15, -0.1) is 0 Å². The molecule has 18 heavy (non-hydrogen) atoms. The summed E-state index contributed by atoms with van der Waals surface area (Å²) in [5.74, 6) is 3.27. The summed E-state index contributed by atoms with van der Waals surface area (Å²) in [6.45, 7) is 2.21. The van der Waals surface area contributed by atoms with Crippen LogP contribution in [0.5, 0.6) is 11.5 Å². The van der Waals surface area contributed by atoms with Gasteiger partial charge in [0.15, 0.2) is 0 Å². The van der Waals surface area contributed by atoms with E-state index in [1.54, 1.807) is 0 Å². The lowest BCUT2D eigenvalue weighted by atomic mass is 10.0. The molecule has 0 aliphatic rings. The molecule has 2 rings (SSSR count). The number of ether oxygens (including phenoxy) is 1. The number of hydrogen-bond acceptors (Lipinski definition) is 2. The van der Waals surface area contributed by atoms with Crippen LogP contribution in [0.4, 0.5) is 0 Å². The van der Waals surface area contributed by atoms with Gasteiger partial charge in [-0.3, -0.25) is 0 Å². The number of thiol groups is 1. The topological polar surface area (TPSA) is 9.23 Å². The van der Waals surface area contributed by atoms with Crippen molar-refractivity contribution < 1.29 is 4.74 Å². The van der Waals surface area contributed by atoms with Crippen molar-refractivity contribution in [3.05, 3.63) is 60.2 Å². The zero-order valence-electron chi connectivity index (χ0n) is 10.5. The number of hydrogen-bond donors (Lipinski definition) is 1. The molecule has 0 fully saturated rings. The van der Waals surface area contributed by atoms with Crippen molar-refractivity contribution in [2.75, 3.05) is 5.75 Å². The third-order valence-electron chi connectivity index (χ3n) is 2.80. The van der Waals surface area contributed by atoms with Crippen LogP contribution in [0.25, 0.3) is 0 Å². The molecular formula is C16H18OS. The average Bonchev–Trinajstić information content (AvgIpc) is 2.42. The Bertz CT molecular complexity index is 464. The largest absolute Gasteiger partial charge is 0.457 e. The molecule has 2 aromatic carbocycles. The van der Waals surface area contributed by atoms with Crippen LogP contribution in [-0.4, -0.2) is 5.75 Å². The van der Waals surface area contributed by atoms with Gasteiger partial charge in [-0.05, 0) is 47.9 Å². The molecule has 2 aromatic rings. The Morgan fingerprint density at radius 3 is 2.17 bits per heavy atom. The van der Waals surface area contributed by atoms with Crippen molar-refractivity contribution >= 4 is 12.6 Å². The highest BCUT2D eigenvalue weighted by molar-refractivity contribution is 7.80. The normalized spacial score (nSPS) is 12.1. The van der Waals surface area contributed by atoms with E-state index in [2.05, 4.69) is 31.7 Å². The second kappa shape index (κ2) is 6.50. The Labute approximate surface area is 114 Å². The summed E-state index contributed by atoms with van der Waals surface area (Å²) in [6, 6.07) is 18.1. The SMILES string of the molecule is CC(CS)Cc1ccc(Oc2ccccc2)cc1. The number of benzene rings is 2. The van der Waals surface area contributed by atoms with Crippen molar-refractivity contribution in [2.45, 2.75) is 13.3 Å². The van der Waals surface area contributed by atoms with Crippen LogP contribution in [0, 0.1) is 5.92 Å². The molecule has 0 aliphatic heterocycles. The molecular weight excluding hydrogens is 240 g/mol. The van der Waals surface area contributed by atoms with Crippen molar-refractivity contribution in [1.29, 1.82) is 0 Å². The molecule has 0 bridgehead atoms. The number of para-hydroxylation sites is 1. The molecule has 1 nitrogen and oxygen atoms in total. The Morgan fingerprint density at radius 1 is 0.944 bits per heavy atom. The van der Waals surface area contributed by atoms with Gasteiger partial charge in [-0.1, -0.05) is 37.3 Å². The second-order valence-corrected chi connectivity index (χ2v) is 4.92. The molecule has 0 radical (unpaired) electrons. The van der Waals surface area contributed by atoms with Crippen LogP contribution in [0.2, 0.25) is 0 Å². The summed E-state index contributed by atoms with van der Waals surface area (Å²) < 4.78 is 5.75. The molecule has 94 valence electrons. The van der Waals surface area contributed by atoms with E-state index in [-0.39, 0.29) is 0 Å². The zero-order chi connectivity index (χ0) is 12.8. The van der Waals surface area contributed by atoms with E-state index in [1.807, 2.05) is 42.5 Å². The van der Waals surface area contributed by atoms with Gasteiger partial charge in [-0.2, -0.15) is 12.6 Å². The van der Waals surface area contributed by atoms with Gasteiger partial charge in [0.1, 0.15) is 11.5 Å². The minimum absolute atomic E-state index is 0.606. The molecule has 0 spiro atoms. The maximum atomic E-state index is 5.75. The van der Waals surface area contributed by atoms with Crippen molar-refractivity contribution in [3.8, 4) is 11.5 Å². The first kappa shape index (κ1) is 13.0. The van der Waals surface area contributed by atoms with Gasteiger partial charge in [0, 0.05) is 0 Å². The molecule has 0 amide bonds. The Kier molecular flexibility index (Phi) is 4.71. The van der Waals surface area contributed by atoms with E-state index in [9.17, 15) is 0 Å². The summed E-state index contributed by atoms with van der Waals surface area (Å²) in [5.41, 5.74) is 1.33. The first-order valence-corrected chi connectivity index (χ1v) is 6.84. The lowest BCUT2D eigenvalue weighted by molar-refractivity contribution is 0.482. The summed E-state index contributed by atoms with van der Waals surface area (Å²) in [5, 5.41) is 0. The molecule has 0 aliphatic carbocycles. The minimum Gasteiger partial charge on any atom is -0.457 e. The van der Waals surface area contributed by atoms with Crippen molar-refractivity contribution in [1.82, 2.24) is 0 Å². The quantitative estimate of drug-likeness (QED) is 0.772. The molecule has 0 heterocycles. The fraction of sp³-hybridized carbons (Fsp3) is 0.250. The predicted molar refractivity (Wildman–Crippen MR) is 79.7 cm³/mol. The molecule has 1 atom stereocenters. The van der Waals surface area contributed by atoms with Gasteiger partial charge in [-0.25, -0.2) is 0 Å². The highest BCUT2D eigenvalue weighted by Gasteiger charge is 2.02. The first-order chi connectivity index (χ1) is 8.78. The standard InChI is InChI=1S/C16H18OS/c1-13(12-18)11-14-7-9-16(10-8-14)17-15-5-3-2-4-6-15/h2-10,13,18H,11-12H2,1H3. The smallest absolute Gasteiger partial charge is 0.127 e. The van der Waals surface area contributed by atoms with Crippen LogP contribution < -0.4 is 4.74 Å². The van der Waals surface area contributed by atoms with E-state index in [0.29, 0.717) is 5.92 Å². The molecule has 0 aromatic heterocycles. The molecule has 0 saturated heterocycles. The summed E-state index contributed by atoms with van der Waals surface area (Å²) in [4.78, 5) is 0. The Hall–Kier alpha value is -1.41. The van der Waals surface area contributed by atoms with E-state index >= 15 is 0 Å². The summed E-state index contributed by atoms with van der Waals surface area (Å²) in [6.07, 6.45) is 1.06. The fourth-order valence-corrected chi connectivity index (χ4v) is 1.91. The van der Waals surface area contributed by atoms with Gasteiger partial charge in [0.25, 0.3) is 0 Å². The molecule has 0 saturated carbocycles. The highest BCUT2D eigenvalue weighted by atomic mass is 32.1. The Morgan fingerprint density at radius 2 is 1.56 bits per heavy atom. The van der Waals surface area contributed by atoms with Crippen LogP contribution in [0.3, 0.4) is 0 Å². The fourth-order valence-electron chi connectivity index (χ4n) is 1.79. The van der Waals surface area contributed by atoms with Crippen LogP contribution >= 0.6 is 12.6 Å². The maximum absolute atomic E-state index is 5.75. The molecule has 0 N–H and O–H groups in total. The second-order valence-electron chi connectivity index (χ2n) is 4.55. The lowest BCUT2D eigenvalue weighted by Crippen LogP contribution is -2.00. The van der Waals surface area contributed by atoms with Gasteiger partial charge in [0.05, 0.1) is 0 Å². The maximum Gasteiger partial charge on any atom is 0.127 e. The van der Waals surface area contributed by atoms with E-state index in [0.717, 1.165) is 23.7 Å². The van der Waals surface area contributed by atoms with Gasteiger partial charge in [0.2, 0.25) is 0 Å². The Balaban J connectivity index is 2.00. The third kappa shape index (κ3) is 3.81. The van der Waals surface area contributed by atoms with Gasteiger partial charge >= 0.3 is 0 Å². The molecule has 1 unspecified atom stereocenters. The highest BCUT2D eigenvalue weighted by Crippen LogP contribution is 2.22. The third-order valence-corrected chi connectivity index (χ3v) is 3.42. The van der Waals surface area contributed by atoms with Crippen LogP contribution in [-0.2, 0) is 6.42 Å². The monoisotopic (exact) mass is 258 g/mol. The summed E-state index contributed by atoms with van der Waals surface area (Å²) >= 11 is 4.31. The van der Waals surface area contributed by atoms with E-state index < -0.39 is 0 Å². The predicted octanol–water partition coefficient (Wildman–Crippen LogP) is 4.59. The summed E-state index contributed by atoms with van der Waals surface area (Å²) in [7, 11) is 0. The van der Waals surface area contributed by atoms with E-state index in [4.69, 9.17) is 4.74 Å². The van der Waals surface area contributed by atoms with Gasteiger partial charge < -0.3 is 4.74 Å². The van der Waals surface area contributed by atoms with Crippen LogP contribution in [0.1, 0.15) is 12.5 Å². The zero-order valence-corrected chi connectivity index (χ0v) is 11.4. The van der Waals surface area contributed by atoms with Crippen molar-refractivity contribution in [3.63, 3.8) is 0 Å². The van der Waals surface area contributed by atoms with E-state index in [1.165, 1.54) is 5.56 Å². The average molecular weight is 258 g/mol. The first-order valence-electron chi connectivity index (χ1n) is 6.20. The molecule has 2 heteroatoms. The van der Waals surface area contributed by atoms with Crippen molar-refractivity contribution in [2.24, 2.45) is 5.92 Å². The minimum atomic E-state index is 0.606. The lowest BCUT2D eigenvalue weighted by Gasteiger charge is -2.09. The van der Waals surface area contributed by atoms with Crippen LogP contribution in [0.15, 0.2) is 54.6 Å². The number of rotatable bonds is 5.